The topological polar surface area (TPSA) is 408 Å². The van der Waals surface area contributed by atoms with Crippen molar-refractivity contribution in [3.63, 3.8) is 0 Å². The number of allylic oxidation sites excluding steroid dienone is 2. The van der Waals surface area contributed by atoms with Crippen LogP contribution in [-0.4, -0.2) is 219 Å². The normalized spacial score (nSPS) is 38.4. The Kier molecular flexibility index (Phi) is 16.5. The molecule has 5 heterocycles. The monoisotopic (exact) mass is 986 g/mol. The lowest BCUT2D eigenvalue weighted by molar-refractivity contribution is -0.357. The predicted molar refractivity (Wildman–Crippen MR) is 227 cm³/mol. The molecule has 0 saturated carbocycles. The molecule has 0 spiro atoms. The van der Waals surface area contributed by atoms with Crippen LogP contribution in [0.4, 0.5) is 0 Å². The Labute approximate surface area is 391 Å². The third-order valence-corrected chi connectivity index (χ3v) is 12.4. The Morgan fingerprint density at radius 1 is 0.609 bits per heavy atom. The van der Waals surface area contributed by atoms with Gasteiger partial charge in [0.25, 0.3) is 0 Å². The van der Waals surface area contributed by atoms with Crippen molar-refractivity contribution in [3.8, 4) is 34.3 Å². The van der Waals surface area contributed by atoms with Crippen LogP contribution in [0.2, 0.25) is 0 Å². The Hall–Kier alpha value is -4.17. The standard InChI is InChI=1S/C44H58O25/c1-14(2)4-9-18-20(62-44-40(33(58)28(53)23(13-47)65-44)69-42-35(60)31(56)27(52)22(12-46)64-42)10-19(49)24-29(54)38(36(66-37(18)24)16-5-7-17(48)8-6-16)67-43-39(32(57)25(50)15(3)61-43)68-41-34(59)30(55)26(51)21(11-45)63-41/h4-8,10,15,21-23,25-28,30-35,39-53,55-60H,9,11-13H2,1-3H3/t15-,21-,22+,23-,25+,26-,27+,28-,30+,31+,32-,33+,34-,35+,39-,40+,41+,42+,43+,44-/m1/s1. The molecule has 1 aromatic heterocycles. The first kappa shape index (κ1) is 52.6. The minimum atomic E-state index is -1.99. The summed E-state index contributed by atoms with van der Waals surface area (Å²) in [6, 6.07) is 6.09. The van der Waals surface area contributed by atoms with Gasteiger partial charge in [0.1, 0.15) is 108 Å². The Bertz CT molecular complexity index is 2300. The lowest BCUT2D eigenvalue weighted by Crippen LogP contribution is -2.65. The molecule has 0 bridgehead atoms. The van der Waals surface area contributed by atoms with Crippen LogP contribution < -0.4 is 14.9 Å². The van der Waals surface area contributed by atoms with Crippen molar-refractivity contribution < 1.29 is 119 Å². The third-order valence-electron chi connectivity index (χ3n) is 12.4. The second kappa shape index (κ2) is 21.7. The molecule has 2 aromatic carbocycles. The lowest BCUT2D eigenvalue weighted by Gasteiger charge is -2.45. The predicted octanol–water partition coefficient (Wildman–Crippen LogP) is -4.59. The van der Waals surface area contributed by atoms with E-state index in [9.17, 15) is 81.4 Å². The maximum Gasteiger partial charge on any atom is 0.239 e. The fourth-order valence-corrected chi connectivity index (χ4v) is 8.32. The highest BCUT2D eigenvalue weighted by Gasteiger charge is 2.53. The molecule has 4 fully saturated rings. The highest BCUT2D eigenvalue weighted by atomic mass is 16.8. The molecular formula is C44H58O25. The van der Waals surface area contributed by atoms with Crippen LogP contribution in [0.5, 0.6) is 23.0 Å². The zero-order valence-electron chi connectivity index (χ0n) is 37.1. The van der Waals surface area contributed by atoms with Crippen molar-refractivity contribution in [1.29, 1.82) is 0 Å². The molecule has 25 heteroatoms. The largest absolute Gasteiger partial charge is 0.508 e. The molecule has 4 aliphatic rings. The summed E-state index contributed by atoms with van der Waals surface area (Å²) < 4.78 is 53.2. The van der Waals surface area contributed by atoms with Gasteiger partial charge in [-0.3, -0.25) is 4.79 Å². The van der Waals surface area contributed by atoms with Gasteiger partial charge >= 0.3 is 0 Å². The van der Waals surface area contributed by atoms with Gasteiger partial charge in [-0.15, -0.1) is 0 Å². The molecule has 25 nitrogen and oxygen atoms in total. The molecule has 0 aliphatic carbocycles. The summed E-state index contributed by atoms with van der Waals surface area (Å²) in [5, 5.41) is 158. The first-order valence-corrected chi connectivity index (χ1v) is 21.9. The van der Waals surface area contributed by atoms with Crippen LogP contribution >= 0.6 is 0 Å². The summed E-state index contributed by atoms with van der Waals surface area (Å²) in [7, 11) is 0. The van der Waals surface area contributed by atoms with Gasteiger partial charge in [-0.25, -0.2) is 0 Å². The average molecular weight is 987 g/mol. The first-order valence-electron chi connectivity index (χ1n) is 21.9. The van der Waals surface area contributed by atoms with Gasteiger partial charge in [-0.1, -0.05) is 11.6 Å². The van der Waals surface area contributed by atoms with Gasteiger partial charge < -0.3 is 119 Å². The smallest absolute Gasteiger partial charge is 0.239 e. The highest BCUT2D eigenvalue weighted by Crippen LogP contribution is 2.43. The van der Waals surface area contributed by atoms with E-state index in [4.69, 9.17) is 42.3 Å². The maximum absolute atomic E-state index is 14.9. The summed E-state index contributed by atoms with van der Waals surface area (Å²) in [6.07, 6.45) is -34.3. The van der Waals surface area contributed by atoms with Crippen molar-refractivity contribution in [1.82, 2.24) is 0 Å². The molecule has 7 rings (SSSR count). The molecule has 4 aliphatic heterocycles. The molecular weight excluding hydrogens is 928 g/mol. The van der Waals surface area contributed by atoms with Gasteiger partial charge in [0.2, 0.25) is 23.8 Å². The quantitative estimate of drug-likeness (QED) is 0.0676. The van der Waals surface area contributed by atoms with Crippen molar-refractivity contribution in [2.45, 2.75) is 150 Å². The van der Waals surface area contributed by atoms with E-state index in [2.05, 4.69) is 0 Å². The van der Waals surface area contributed by atoms with Crippen LogP contribution in [0.15, 0.2) is 51.2 Å². The van der Waals surface area contributed by atoms with E-state index in [-0.39, 0.29) is 34.6 Å². The van der Waals surface area contributed by atoms with Crippen molar-refractivity contribution in [2.75, 3.05) is 19.8 Å². The molecule has 0 unspecified atom stereocenters. The van der Waals surface area contributed by atoms with Gasteiger partial charge in [0, 0.05) is 17.2 Å². The molecule has 4 saturated heterocycles. The van der Waals surface area contributed by atoms with E-state index in [1.807, 2.05) is 0 Å². The number of hydrogen-bond donors (Lipinski definition) is 15. The number of rotatable bonds is 14. The number of aliphatic hydroxyl groups is 13. The van der Waals surface area contributed by atoms with Crippen molar-refractivity contribution >= 4 is 11.0 Å². The second-order valence-electron chi connectivity index (χ2n) is 17.4. The summed E-state index contributed by atoms with van der Waals surface area (Å²) in [6.45, 7) is 2.27. The van der Waals surface area contributed by atoms with E-state index in [0.29, 0.717) is 0 Å². The molecule has 3 aromatic rings. The second-order valence-corrected chi connectivity index (χ2v) is 17.4. The van der Waals surface area contributed by atoms with E-state index >= 15 is 0 Å². The zero-order chi connectivity index (χ0) is 50.3. The number of ether oxygens (including phenoxy) is 8. The van der Waals surface area contributed by atoms with Crippen LogP contribution in [0.25, 0.3) is 22.3 Å². The van der Waals surface area contributed by atoms with E-state index in [1.54, 1.807) is 19.9 Å². The number of aromatic hydroxyl groups is 2. The Morgan fingerprint density at radius 3 is 1.59 bits per heavy atom. The summed E-state index contributed by atoms with van der Waals surface area (Å²) in [5.74, 6) is -2.46. The number of aliphatic hydroxyl groups excluding tert-OH is 13. The summed E-state index contributed by atoms with van der Waals surface area (Å²) in [4.78, 5) is 14.9. The Balaban J connectivity index is 1.34. The Morgan fingerprint density at radius 2 is 1.09 bits per heavy atom. The fourth-order valence-electron chi connectivity index (χ4n) is 8.32. The van der Waals surface area contributed by atoms with E-state index in [0.717, 1.165) is 11.6 Å². The molecule has 0 amide bonds. The molecule has 15 N–H and O–H groups in total. The number of benzene rings is 2. The SMILES string of the molecule is CC(C)=CCc1c(O[C@@H]2O[C@H](CO)[C@@H](O)[C@H](O)[C@@H]2O[C@@H]2O[C@@H](CO)[C@H](O)[C@H](O)[C@@H]2O)cc(O)c2c(=O)c(O[C@@H]3O[C@H](C)[C@H](O)[C@@H](O)[C@H]3O[C@@H]3O[C@H](CO)[C@@H](O)[C@H](O)[C@H]3O)c(-c3ccc(O)cc3)oc12. The van der Waals surface area contributed by atoms with Crippen molar-refractivity contribution in [3.05, 3.63) is 57.8 Å². The fraction of sp³-hybridized carbons (Fsp3) is 0.614. The van der Waals surface area contributed by atoms with Crippen LogP contribution in [0.1, 0.15) is 26.3 Å². The van der Waals surface area contributed by atoms with Crippen molar-refractivity contribution in [2.24, 2.45) is 0 Å². The van der Waals surface area contributed by atoms with Gasteiger partial charge in [0.15, 0.2) is 30.5 Å². The van der Waals surface area contributed by atoms with Gasteiger partial charge in [0.05, 0.1) is 25.9 Å². The summed E-state index contributed by atoms with van der Waals surface area (Å²) in [5.41, 5.74) is -0.652. The number of phenolic OH excluding ortho intramolecular Hbond substituents is 2. The molecule has 0 radical (unpaired) electrons. The van der Waals surface area contributed by atoms with E-state index in [1.165, 1.54) is 31.2 Å². The van der Waals surface area contributed by atoms with Gasteiger partial charge in [-0.05, 0) is 51.5 Å². The summed E-state index contributed by atoms with van der Waals surface area (Å²) >= 11 is 0. The van der Waals surface area contributed by atoms with Crippen LogP contribution in [-0.2, 0) is 34.8 Å². The average Bonchev–Trinajstić information content (AvgIpc) is 3.32. The lowest BCUT2D eigenvalue weighted by atomic mass is 9.97. The molecule has 20 atom stereocenters. The van der Waals surface area contributed by atoms with Gasteiger partial charge in [-0.2, -0.15) is 0 Å². The minimum Gasteiger partial charge on any atom is -0.508 e. The van der Waals surface area contributed by atoms with Crippen LogP contribution in [0.3, 0.4) is 0 Å². The highest BCUT2D eigenvalue weighted by molar-refractivity contribution is 5.91. The van der Waals surface area contributed by atoms with Crippen LogP contribution in [0, 0.1) is 0 Å². The number of hydrogen-bond acceptors (Lipinski definition) is 25. The third kappa shape index (κ3) is 10.4. The van der Waals surface area contributed by atoms with E-state index < -0.39 is 171 Å². The molecule has 69 heavy (non-hydrogen) atoms. The minimum absolute atomic E-state index is 0.00828. The number of fused-ring (bicyclic) bond motifs is 1. The zero-order valence-corrected chi connectivity index (χ0v) is 37.1. The molecule has 384 valence electrons. The number of phenols is 2. The maximum atomic E-state index is 14.9. The first-order chi connectivity index (χ1) is 32.7.